The largest absolute Gasteiger partial charge is 0.483 e. The number of nitrogens with zero attached hydrogens (tertiary/aromatic N) is 3. The van der Waals surface area contributed by atoms with Gasteiger partial charge in [-0.05, 0) is 65.7 Å². The number of ether oxygens (including phenoxy) is 1. The Balaban J connectivity index is 0.968. The van der Waals surface area contributed by atoms with Gasteiger partial charge in [-0.2, -0.15) is 5.10 Å². The predicted octanol–water partition coefficient (Wildman–Crippen LogP) is 6.52. The number of hydrazone groups is 1. The van der Waals surface area contributed by atoms with Crippen LogP contribution in [0.1, 0.15) is 26.5 Å². The highest BCUT2D eigenvalue weighted by Gasteiger charge is 2.36. The minimum atomic E-state index is -0.402. The Labute approximate surface area is 252 Å². The summed E-state index contributed by atoms with van der Waals surface area (Å²) in [4.78, 5) is 43.8. The molecule has 7 rings (SSSR count). The molecule has 0 saturated heterocycles. The van der Waals surface area contributed by atoms with Crippen molar-refractivity contribution in [2.45, 2.75) is 9.43 Å². The van der Waals surface area contributed by atoms with Crippen LogP contribution in [0.5, 0.6) is 5.75 Å². The fraction of sp³-hybridized carbons (Fsp3) is 0.0312. The molecule has 11 heteroatoms. The van der Waals surface area contributed by atoms with Crippen LogP contribution in [0.4, 0.5) is 5.69 Å². The van der Waals surface area contributed by atoms with Gasteiger partial charge in [-0.25, -0.2) is 15.3 Å². The van der Waals surface area contributed by atoms with Crippen LogP contribution in [0.3, 0.4) is 0 Å². The number of carbonyl (C=O) groups is 3. The third-order valence-electron chi connectivity index (χ3n) is 6.68. The summed E-state index contributed by atoms with van der Waals surface area (Å²) < 4.78 is 13.1. The lowest BCUT2D eigenvalue weighted by Crippen LogP contribution is -2.29. The molecule has 0 unspecified atom stereocenters. The first-order valence-electron chi connectivity index (χ1n) is 13.1. The minimum Gasteiger partial charge on any atom is -0.483 e. The molecule has 0 fully saturated rings. The van der Waals surface area contributed by atoms with Crippen molar-refractivity contribution in [2.24, 2.45) is 5.10 Å². The maximum Gasteiger partial charge on any atom is 0.277 e. The zero-order valence-corrected chi connectivity index (χ0v) is 23.9. The van der Waals surface area contributed by atoms with Crippen molar-refractivity contribution in [1.29, 1.82) is 0 Å². The van der Waals surface area contributed by atoms with Gasteiger partial charge in [0, 0.05) is 5.39 Å². The number of imide groups is 1. The molecule has 3 heterocycles. The molecule has 1 N–H and O–H groups in total. The topological polar surface area (TPSA) is 114 Å². The van der Waals surface area contributed by atoms with Crippen molar-refractivity contribution in [2.75, 3.05) is 11.5 Å². The molecule has 9 nitrogen and oxygen atoms in total. The summed E-state index contributed by atoms with van der Waals surface area (Å²) in [5.41, 5.74) is 4.49. The van der Waals surface area contributed by atoms with Crippen molar-refractivity contribution < 1.29 is 23.5 Å². The van der Waals surface area contributed by atoms with Crippen molar-refractivity contribution in [3.8, 4) is 5.75 Å². The molecule has 0 aliphatic carbocycles. The van der Waals surface area contributed by atoms with E-state index in [1.165, 1.54) is 34.2 Å². The summed E-state index contributed by atoms with van der Waals surface area (Å²) >= 11 is 2.76. The second-order valence-electron chi connectivity index (χ2n) is 9.44. The van der Waals surface area contributed by atoms with E-state index in [4.69, 9.17) is 9.15 Å². The Bertz CT molecular complexity index is 2040. The lowest BCUT2D eigenvalue weighted by atomic mass is 10.1. The molecule has 0 atom stereocenters. The van der Waals surface area contributed by atoms with Crippen LogP contribution in [-0.4, -0.2) is 35.5 Å². The Hall–Kier alpha value is -5.26. The fourth-order valence-electron chi connectivity index (χ4n) is 4.71. The van der Waals surface area contributed by atoms with Gasteiger partial charge < -0.3 is 9.15 Å². The van der Waals surface area contributed by atoms with E-state index >= 15 is 0 Å². The SMILES string of the molecule is O=C(COc1cccc2ccccc12)N/N=C/c1ccc(Sc2nc3ccc(N4C(=O)c5ccccc5C4=O)cc3s2)o1. The molecule has 4 aromatic carbocycles. The van der Waals surface area contributed by atoms with Crippen LogP contribution < -0.4 is 15.1 Å². The number of thiazole rings is 1. The quantitative estimate of drug-likeness (QED) is 0.119. The van der Waals surface area contributed by atoms with Crippen LogP contribution >= 0.6 is 23.1 Å². The molecule has 1 aliphatic rings. The molecular weight excluding hydrogens is 585 g/mol. The summed E-state index contributed by atoms with van der Waals surface area (Å²) in [6.45, 7) is -0.184. The number of hydrogen-bond acceptors (Lipinski definition) is 9. The van der Waals surface area contributed by atoms with Gasteiger partial charge in [-0.3, -0.25) is 14.4 Å². The number of aromatic nitrogens is 1. The van der Waals surface area contributed by atoms with Crippen LogP contribution in [0.2, 0.25) is 0 Å². The first-order valence-corrected chi connectivity index (χ1v) is 14.8. The van der Waals surface area contributed by atoms with Crippen molar-refractivity contribution in [3.05, 3.63) is 114 Å². The highest BCUT2D eigenvalue weighted by molar-refractivity contribution is 8.01. The van der Waals surface area contributed by atoms with Gasteiger partial charge in [0.1, 0.15) is 11.5 Å². The Morgan fingerprint density at radius 2 is 1.72 bits per heavy atom. The van der Waals surface area contributed by atoms with E-state index in [1.807, 2.05) is 42.5 Å². The minimum absolute atomic E-state index is 0.184. The molecule has 0 saturated carbocycles. The van der Waals surface area contributed by atoms with Gasteiger partial charge in [0.2, 0.25) is 0 Å². The van der Waals surface area contributed by atoms with Gasteiger partial charge in [0.05, 0.1) is 33.2 Å². The van der Waals surface area contributed by atoms with Crippen LogP contribution in [0.15, 0.2) is 116 Å². The molecule has 0 radical (unpaired) electrons. The number of furan rings is 1. The van der Waals surface area contributed by atoms with Crippen molar-refractivity contribution in [1.82, 2.24) is 10.4 Å². The fourth-order valence-corrected chi connectivity index (χ4v) is 6.71. The molecule has 0 spiro atoms. The number of anilines is 1. The highest BCUT2D eigenvalue weighted by atomic mass is 32.2. The lowest BCUT2D eigenvalue weighted by molar-refractivity contribution is -0.123. The number of hydrogen-bond donors (Lipinski definition) is 1. The van der Waals surface area contributed by atoms with E-state index in [0.717, 1.165) is 25.3 Å². The Morgan fingerprint density at radius 3 is 2.56 bits per heavy atom. The van der Waals surface area contributed by atoms with E-state index in [-0.39, 0.29) is 18.4 Å². The van der Waals surface area contributed by atoms with Gasteiger partial charge in [0.15, 0.2) is 16.0 Å². The molecule has 3 amide bonds. The van der Waals surface area contributed by atoms with E-state index in [2.05, 4.69) is 15.5 Å². The third-order valence-corrected chi connectivity index (χ3v) is 8.68. The Morgan fingerprint density at radius 1 is 0.953 bits per heavy atom. The summed E-state index contributed by atoms with van der Waals surface area (Å²) in [6.07, 6.45) is 1.41. The van der Waals surface area contributed by atoms with Gasteiger partial charge in [-0.1, -0.05) is 48.5 Å². The van der Waals surface area contributed by atoms with Crippen molar-refractivity contribution >= 4 is 73.7 Å². The number of nitrogens with one attached hydrogen (secondary N) is 1. The monoisotopic (exact) mass is 604 g/mol. The molecule has 210 valence electrons. The van der Waals surface area contributed by atoms with E-state index < -0.39 is 5.91 Å². The van der Waals surface area contributed by atoms with Crippen LogP contribution in [0, 0.1) is 0 Å². The van der Waals surface area contributed by atoms with Crippen LogP contribution in [0.25, 0.3) is 21.0 Å². The molecule has 6 aromatic rings. The normalized spacial score (nSPS) is 12.9. The second kappa shape index (κ2) is 11.2. The van der Waals surface area contributed by atoms with E-state index in [0.29, 0.717) is 33.4 Å². The highest BCUT2D eigenvalue weighted by Crippen LogP contribution is 2.37. The van der Waals surface area contributed by atoms with Gasteiger partial charge in [-0.15, -0.1) is 11.3 Å². The maximum atomic E-state index is 12.9. The number of carbonyl (C=O) groups excluding carboxylic acids is 3. The second-order valence-corrected chi connectivity index (χ2v) is 11.7. The molecule has 2 aromatic heterocycles. The Kier molecular flexibility index (Phi) is 6.93. The zero-order valence-electron chi connectivity index (χ0n) is 22.2. The van der Waals surface area contributed by atoms with Gasteiger partial charge in [0.25, 0.3) is 17.7 Å². The smallest absolute Gasteiger partial charge is 0.277 e. The average Bonchev–Trinajstić information content (AvgIpc) is 3.71. The lowest BCUT2D eigenvalue weighted by Gasteiger charge is -2.13. The number of rotatable bonds is 8. The molecule has 0 bridgehead atoms. The summed E-state index contributed by atoms with van der Waals surface area (Å²) in [6, 6.07) is 29.1. The van der Waals surface area contributed by atoms with E-state index in [9.17, 15) is 14.4 Å². The van der Waals surface area contributed by atoms with Gasteiger partial charge >= 0.3 is 0 Å². The summed E-state index contributed by atoms with van der Waals surface area (Å²) in [5.74, 6) is 0.00142. The number of benzene rings is 4. The average molecular weight is 605 g/mol. The summed E-state index contributed by atoms with van der Waals surface area (Å²) in [5, 5.41) is 6.51. The molecular formula is C32H20N4O5S2. The van der Waals surface area contributed by atoms with E-state index in [1.54, 1.807) is 54.6 Å². The molecule has 1 aliphatic heterocycles. The standard InChI is InChI=1S/C32H20N4O5S2/c37-28(18-40-26-11-5-7-19-6-1-2-8-22(19)26)35-33-17-21-13-15-29(41-21)43-32-34-25-14-12-20(16-27(25)42-32)36-30(38)23-9-3-4-10-24(23)31(36)39/h1-17H,18H2,(H,35,37)/b33-17+. The first kappa shape index (κ1) is 26.6. The predicted molar refractivity (Wildman–Crippen MR) is 165 cm³/mol. The zero-order chi connectivity index (χ0) is 29.3. The van der Waals surface area contributed by atoms with Crippen LogP contribution in [-0.2, 0) is 4.79 Å². The third kappa shape index (κ3) is 5.27. The number of amides is 3. The first-order chi connectivity index (χ1) is 21.0. The molecule has 43 heavy (non-hydrogen) atoms. The van der Waals surface area contributed by atoms with Crippen molar-refractivity contribution in [3.63, 3.8) is 0 Å². The number of fused-ring (bicyclic) bond motifs is 3. The maximum absolute atomic E-state index is 12.9. The summed E-state index contributed by atoms with van der Waals surface area (Å²) in [7, 11) is 0.